The third kappa shape index (κ3) is 5.14. The van der Waals surface area contributed by atoms with Gasteiger partial charge in [0.25, 0.3) is 11.8 Å². The number of pyridine rings is 1. The zero-order chi connectivity index (χ0) is 20.2. The Morgan fingerprint density at radius 2 is 1.81 bits per heavy atom. The number of carbonyl (C=O) groups is 2. The number of sulfone groups is 1. The normalized spacial score (nSPS) is 13.4. The molecule has 1 heterocycles. The van der Waals surface area contributed by atoms with Gasteiger partial charge in [0.2, 0.25) is 0 Å². The van der Waals surface area contributed by atoms with Crippen molar-refractivity contribution >= 4 is 40.8 Å². The fraction of sp³-hybridized carbons (Fsp3) is 0.235. The molecule has 2 rings (SSSR count). The lowest BCUT2D eigenvalue weighted by Gasteiger charge is -2.22. The molecule has 3 N–H and O–H groups in total. The highest BCUT2D eigenvalue weighted by atomic mass is 32.2. The van der Waals surface area contributed by atoms with Gasteiger partial charge in [0.15, 0.2) is 23.3 Å². The molecule has 0 spiro atoms. The highest BCUT2D eigenvalue weighted by Gasteiger charge is 2.36. The van der Waals surface area contributed by atoms with Crippen LogP contribution in [0.1, 0.15) is 17.3 Å². The number of aromatic nitrogens is 1. The Balaban J connectivity index is 2.15. The minimum Gasteiger partial charge on any atom is -0.379 e. The molecule has 0 saturated carbocycles. The first-order chi connectivity index (χ1) is 12.5. The van der Waals surface area contributed by atoms with Crippen molar-refractivity contribution in [3.63, 3.8) is 0 Å². The lowest BCUT2D eigenvalue weighted by atomic mass is 10.0. The summed E-state index contributed by atoms with van der Waals surface area (Å²) in [5.41, 5.74) is -0.767. The molecule has 27 heavy (non-hydrogen) atoms. The molecule has 8 nitrogen and oxygen atoms in total. The molecule has 10 heteroatoms. The number of hydrogen-bond donors (Lipinski definition) is 3. The average molecular weight is 389 g/mol. The number of carbonyl (C=O) groups excluding carboxylic acids is 2. The summed E-state index contributed by atoms with van der Waals surface area (Å²) in [7, 11) is -0.723. The first-order valence-corrected chi connectivity index (χ1v) is 9.72. The van der Waals surface area contributed by atoms with E-state index >= 15 is 0 Å². The lowest BCUT2D eigenvalue weighted by molar-refractivity contribution is -0.130. The standard InChI is InChI=1S/C17H20BN3O5S/c1-17(24,16(23)21-12-5-8-14(18)20-9-12)10-27(25,26)13-6-3-11(4-7-13)15(22)19-2/h3-9,24H,10,18H2,1-2H3,(H,19,22)(H,21,23)/t17-/m0/s1. The van der Waals surface area contributed by atoms with Crippen LogP contribution in [-0.2, 0) is 14.6 Å². The third-order valence-electron chi connectivity index (χ3n) is 3.83. The van der Waals surface area contributed by atoms with E-state index in [9.17, 15) is 23.1 Å². The van der Waals surface area contributed by atoms with Crippen LogP contribution >= 0.6 is 0 Å². The van der Waals surface area contributed by atoms with Gasteiger partial charge in [-0.15, -0.1) is 0 Å². The van der Waals surface area contributed by atoms with Gasteiger partial charge in [0, 0.05) is 18.8 Å². The summed E-state index contributed by atoms with van der Waals surface area (Å²) >= 11 is 0. The summed E-state index contributed by atoms with van der Waals surface area (Å²) in [6, 6.07) is 8.52. The molecule has 0 fully saturated rings. The van der Waals surface area contributed by atoms with E-state index in [2.05, 4.69) is 15.6 Å². The predicted octanol–water partition coefficient (Wildman–Crippen LogP) is -1.14. The van der Waals surface area contributed by atoms with E-state index in [1.165, 1.54) is 37.5 Å². The number of anilines is 1. The molecule has 2 aromatic rings. The van der Waals surface area contributed by atoms with E-state index in [-0.39, 0.29) is 10.8 Å². The molecule has 1 aromatic heterocycles. The average Bonchev–Trinajstić information content (AvgIpc) is 2.62. The van der Waals surface area contributed by atoms with E-state index < -0.39 is 27.1 Å². The Morgan fingerprint density at radius 3 is 2.33 bits per heavy atom. The van der Waals surface area contributed by atoms with Crippen LogP contribution < -0.4 is 16.2 Å². The van der Waals surface area contributed by atoms with Crippen molar-refractivity contribution in [1.82, 2.24) is 10.3 Å². The van der Waals surface area contributed by atoms with Gasteiger partial charge in [0.1, 0.15) is 0 Å². The Bertz CT molecular complexity index is 942. The first kappa shape index (κ1) is 20.6. The first-order valence-electron chi connectivity index (χ1n) is 8.06. The molecular formula is C17H20BN3O5S. The van der Waals surface area contributed by atoms with Crippen LogP contribution in [0.25, 0.3) is 0 Å². The highest BCUT2D eigenvalue weighted by molar-refractivity contribution is 7.91. The zero-order valence-corrected chi connectivity index (χ0v) is 16.0. The number of rotatable bonds is 6. The fourth-order valence-corrected chi connectivity index (χ4v) is 3.87. The zero-order valence-electron chi connectivity index (χ0n) is 15.2. The number of amides is 2. The fourth-order valence-electron chi connectivity index (χ4n) is 2.28. The van der Waals surface area contributed by atoms with Crippen LogP contribution in [0.2, 0.25) is 0 Å². The quantitative estimate of drug-likeness (QED) is 0.537. The van der Waals surface area contributed by atoms with Gasteiger partial charge in [-0.05, 0) is 48.9 Å². The molecule has 0 bridgehead atoms. The smallest absolute Gasteiger partial charge is 0.257 e. The van der Waals surface area contributed by atoms with E-state index in [4.69, 9.17) is 0 Å². The van der Waals surface area contributed by atoms with Gasteiger partial charge < -0.3 is 15.7 Å². The van der Waals surface area contributed by atoms with Crippen LogP contribution in [0.3, 0.4) is 0 Å². The number of benzene rings is 1. The molecule has 2 amide bonds. The van der Waals surface area contributed by atoms with Gasteiger partial charge in [0.05, 0.1) is 16.3 Å². The second-order valence-corrected chi connectivity index (χ2v) is 8.27. The van der Waals surface area contributed by atoms with Gasteiger partial charge in [-0.3, -0.25) is 14.6 Å². The maximum Gasteiger partial charge on any atom is 0.257 e. The topological polar surface area (TPSA) is 125 Å². The van der Waals surface area contributed by atoms with E-state index in [0.29, 0.717) is 11.3 Å². The molecule has 0 saturated heterocycles. The SMILES string of the molecule is Bc1ccc(NC(=O)[C@@](C)(O)CS(=O)(=O)c2ccc(C(=O)NC)cc2)cn1. The van der Waals surface area contributed by atoms with Gasteiger partial charge in [-0.2, -0.15) is 0 Å². The molecule has 142 valence electrons. The summed E-state index contributed by atoms with van der Waals surface area (Å²) in [4.78, 5) is 27.8. The van der Waals surface area contributed by atoms with Crippen molar-refractivity contribution in [3.8, 4) is 0 Å². The number of aliphatic hydroxyl groups is 1. The molecule has 0 aliphatic carbocycles. The van der Waals surface area contributed by atoms with Crippen molar-refractivity contribution in [1.29, 1.82) is 0 Å². The maximum absolute atomic E-state index is 12.5. The molecule has 0 aliphatic rings. The summed E-state index contributed by atoms with van der Waals surface area (Å²) < 4.78 is 25.1. The summed E-state index contributed by atoms with van der Waals surface area (Å²) in [6.07, 6.45) is 1.41. The minimum absolute atomic E-state index is 0.0970. The van der Waals surface area contributed by atoms with Crippen LogP contribution in [-0.4, -0.2) is 56.6 Å². The van der Waals surface area contributed by atoms with Crippen LogP contribution in [0.5, 0.6) is 0 Å². The Hall–Kier alpha value is -2.72. The molecular weight excluding hydrogens is 369 g/mol. The molecule has 1 aromatic carbocycles. The summed E-state index contributed by atoms with van der Waals surface area (Å²) in [5, 5.41) is 15.3. The second-order valence-electron chi connectivity index (χ2n) is 6.28. The van der Waals surface area contributed by atoms with Crippen LogP contribution in [0.15, 0.2) is 47.5 Å². The van der Waals surface area contributed by atoms with Crippen molar-refractivity contribution in [3.05, 3.63) is 48.2 Å². The van der Waals surface area contributed by atoms with E-state index in [0.717, 1.165) is 12.5 Å². The number of nitrogens with zero attached hydrogens (tertiary/aromatic N) is 1. The molecule has 0 unspecified atom stereocenters. The van der Waals surface area contributed by atoms with E-state index in [1.54, 1.807) is 20.0 Å². The third-order valence-corrected chi connectivity index (χ3v) is 5.76. The Morgan fingerprint density at radius 1 is 1.19 bits per heavy atom. The lowest BCUT2D eigenvalue weighted by Crippen LogP contribution is -2.45. The van der Waals surface area contributed by atoms with Crippen LogP contribution in [0, 0.1) is 0 Å². The highest BCUT2D eigenvalue weighted by Crippen LogP contribution is 2.19. The van der Waals surface area contributed by atoms with Crippen molar-refractivity contribution in [2.45, 2.75) is 17.4 Å². The van der Waals surface area contributed by atoms with Crippen molar-refractivity contribution < 1.29 is 23.1 Å². The molecule has 0 radical (unpaired) electrons. The summed E-state index contributed by atoms with van der Waals surface area (Å²) in [6.45, 7) is 1.13. The number of nitrogens with one attached hydrogen (secondary N) is 2. The predicted molar refractivity (Wildman–Crippen MR) is 104 cm³/mol. The molecule has 0 aliphatic heterocycles. The maximum atomic E-state index is 12.5. The van der Waals surface area contributed by atoms with Crippen molar-refractivity contribution in [2.24, 2.45) is 0 Å². The molecule has 1 atom stereocenters. The second kappa shape index (κ2) is 7.89. The van der Waals surface area contributed by atoms with Crippen molar-refractivity contribution in [2.75, 3.05) is 18.1 Å². The summed E-state index contributed by atoms with van der Waals surface area (Å²) in [5.74, 6) is -2.03. The van der Waals surface area contributed by atoms with Gasteiger partial charge in [-0.1, -0.05) is 0 Å². The Kier molecular flexibility index (Phi) is 6.02. The number of hydrogen-bond acceptors (Lipinski definition) is 6. The monoisotopic (exact) mass is 389 g/mol. The van der Waals surface area contributed by atoms with Gasteiger partial charge in [-0.25, -0.2) is 8.42 Å². The van der Waals surface area contributed by atoms with Gasteiger partial charge >= 0.3 is 0 Å². The minimum atomic E-state index is -3.97. The largest absolute Gasteiger partial charge is 0.379 e. The van der Waals surface area contributed by atoms with E-state index in [1.807, 2.05) is 0 Å². The van der Waals surface area contributed by atoms with Crippen LogP contribution in [0.4, 0.5) is 5.69 Å². The Labute approximate surface area is 158 Å².